The van der Waals surface area contributed by atoms with Crippen LogP contribution in [-0.4, -0.2) is 6.54 Å². The highest BCUT2D eigenvalue weighted by Gasteiger charge is 2.07. The van der Waals surface area contributed by atoms with Crippen LogP contribution in [0.5, 0.6) is 0 Å². The molecule has 0 saturated carbocycles. The van der Waals surface area contributed by atoms with Crippen molar-refractivity contribution in [2.24, 2.45) is 5.73 Å². The van der Waals surface area contributed by atoms with Crippen molar-refractivity contribution in [3.05, 3.63) is 46.6 Å². The van der Waals surface area contributed by atoms with Gasteiger partial charge in [-0.05, 0) is 36.7 Å². The van der Waals surface area contributed by atoms with Crippen LogP contribution in [0.15, 0.2) is 45.5 Å². The number of nitrogens with two attached hydrogens (primary N) is 1. The summed E-state index contributed by atoms with van der Waals surface area (Å²) in [6.45, 7) is 0.642. The number of benzene rings is 1. The highest BCUT2D eigenvalue weighted by atomic mass is 79.9. The Balaban J connectivity index is 2.36. The number of furan rings is 1. The Morgan fingerprint density at radius 1 is 1.13 bits per heavy atom. The molecule has 0 aliphatic carbocycles. The van der Waals surface area contributed by atoms with E-state index in [1.807, 2.05) is 30.3 Å². The average molecular weight is 266 g/mol. The van der Waals surface area contributed by atoms with Crippen LogP contribution in [0.2, 0.25) is 0 Å². The second-order valence-corrected chi connectivity index (χ2v) is 4.24. The number of hydrogen-bond acceptors (Lipinski definition) is 2. The molecule has 0 saturated heterocycles. The van der Waals surface area contributed by atoms with Gasteiger partial charge in [-0.1, -0.05) is 28.1 Å². The number of hydrogen-bond donors (Lipinski definition) is 1. The molecule has 2 rings (SSSR count). The molecule has 2 aromatic rings. The molecule has 0 spiro atoms. The van der Waals surface area contributed by atoms with Crippen molar-refractivity contribution in [2.45, 2.75) is 6.42 Å². The van der Waals surface area contributed by atoms with E-state index in [9.17, 15) is 0 Å². The summed E-state index contributed by atoms with van der Waals surface area (Å²) < 4.78 is 6.54. The topological polar surface area (TPSA) is 39.2 Å². The molecule has 0 atom stereocenters. The second-order valence-electron chi connectivity index (χ2n) is 3.32. The van der Waals surface area contributed by atoms with Crippen LogP contribution in [0.3, 0.4) is 0 Å². The van der Waals surface area contributed by atoms with Gasteiger partial charge in [-0.25, -0.2) is 0 Å². The number of halogens is 1. The van der Waals surface area contributed by atoms with Crippen LogP contribution in [0.25, 0.3) is 11.3 Å². The fourth-order valence-electron chi connectivity index (χ4n) is 1.54. The third-order valence-electron chi connectivity index (χ3n) is 2.27. The van der Waals surface area contributed by atoms with Crippen LogP contribution < -0.4 is 5.73 Å². The van der Waals surface area contributed by atoms with Crippen molar-refractivity contribution < 1.29 is 4.42 Å². The fraction of sp³-hybridized carbons (Fsp3) is 0.167. The Bertz CT molecular complexity index is 433. The first kappa shape index (κ1) is 10.5. The molecule has 2 N–H and O–H groups in total. The molecule has 1 aromatic heterocycles. The third kappa shape index (κ3) is 2.30. The van der Waals surface area contributed by atoms with E-state index >= 15 is 0 Å². The molecule has 2 nitrogen and oxygen atoms in total. The second kappa shape index (κ2) is 4.64. The molecule has 0 bridgehead atoms. The van der Waals surface area contributed by atoms with Gasteiger partial charge in [0.05, 0.1) is 6.26 Å². The van der Waals surface area contributed by atoms with Crippen molar-refractivity contribution in [1.82, 2.24) is 0 Å². The Kier molecular flexibility index (Phi) is 3.23. The maximum atomic E-state index is 5.54. The first-order chi connectivity index (χ1) is 7.31. The van der Waals surface area contributed by atoms with Crippen LogP contribution in [0.1, 0.15) is 5.56 Å². The van der Waals surface area contributed by atoms with E-state index in [0.29, 0.717) is 6.54 Å². The van der Waals surface area contributed by atoms with E-state index in [4.69, 9.17) is 10.2 Å². The molecular weight excluding hydrogens is 254 g/mol. The lowest BCUT2D eigenvalue weighted by atomic mass is 10.1. The minimum Gasteiger partial charge on any atom is -0.464 e. The van der Waals surface area contributed by atoms with Crippen molar-refractivity contribution in [3.63, 3.8) is 0 Å². The van der Waals surface area contributed by atoms with Crippen molar-refractivity contribution in [1.29, 1.82) is 0 Å². The van der Waals surface area contributed by atoms with Gasteiger partial charge in [-0.3, -0.25) is 0 Å². The molecule has 0 radical (unpaired) electrons. The van der Waals surface area contributed by atoms with Gasteiger partial charge >= 0.3 is 0 Å². The van der Waals surface area contributed by atoms with Crippen molar-refractivity contribution >= 4 is 15.9 Å². The molecule has 0 fully saturated rings. The minimum atomic E-state index is 0.642. The number of rotatable bonds is 3. The van der Waals surface area contributed by atoms with Crippen LogP contribution >= 0.6 is 15.9 Å². The van der Waals surface area contributed by atoms with E-state index in [2.05, 4.69) is 15.9 Å². The molecule has 0 aliphatic heterocycles. The van der Waals surface area contributed by atoms with E-state index in [-0.39, 0.29) is 0 Å². The van der Waals surface area contributed by atoms with Gasteiger partial charge in [-0.15, -0.1) is 0 Å². The van der Waals surface area contributed by atoms with Gasteiger partial charge < -0.3 is 10.2 Å². The predicted octanol–water partition coefficient (Wildman–Crippen LogP) is 3.21. The monoisotopic (exact) mass is 265 g/mol. The molecule has 1 aromatic carbocycles. The van der Waals surface area contributed by atoms with E-state index in [1.54, 1.807) is 6.26 Å². The van der Waals surface area contributed by atoms with E-state index < -0.39 is 0 Å². The highest BCUT2D eigenvalue weighted by molar-refractivity contribution is 9.10. The lowest BCUT2D eigenvalue weighted by Gasteiger charge is -2.01. The Morgan fingerprint density at radius 2 is 1.87 bits per heavy atom. The standard InChI is InChI=1S/C12H12BrNO/c13-11-3-1-9(2-4-11)12-10(5-7-14)6-8-15-12/h1-4,6,8H,5,7,14H2. The first-order valence-electron chi connectivity index (χ1n) is 4.83. The SMILES string of the molecule is NCCc1ccoc1-c1ccc(Br)cc1. The third-order valence-corrected chi connectivity index (χ3v) is 2.80. The maximum Gasteiger partial charge on any atom is 0.137 e. The maximum absolute atomic E-state index is 5.54. The van der Waals surface area contributed by atoms with Gasteiger partial charge in [0.2, 0.25) is 0 Å². The van der Waals surface area contributed by atoms with Crippen LogP contribution in [-0.2, 0) is 6.42 Å². The van der Waals surface area contributed by atoms with E-state index in [0.717, 1.165) is 22.2 Å². The van der Waals surface area contributed by atoms with Crippen LogP contribution in [0.4, 0.5) is 0 Å². The van der Waals surface area contributed by atoms with E-state index in [1.165, 1.54) is 5.56 Å². The Hall–Kier alpha value is -1.06. The first-order valence-corrected chi connectivity index (χ1v) is 5.63. The molecular formula is C12H12BrNO. The summed E-state index contributed by atoms with van der Waals surface area (Å²) in [5, 5.41) is 0. The smallest absolute Gasteiger partial charge is 0.137 e. The van der Waals surface area contributed by atoms with Gasteiger partial charge in [0.25, 0.3) is 0 Å². The van der Waals surface area contributed by atoms with Gasteiger partial charge in [0.1, 0.15) is 5.76 Å². The summed E-state index contributed by atoms with van der Waals surface area (Å²) in [5.41, 5.74) is 7.80. The van der Waals surface area contributed by atoms with Gasteiger partial charge in [0, 0.05) is 10.0 Å². The summed E-state index contributed by atoms with van der Waals surface area (Å²) in [6, 6.07) is 10.0. The molecule has 3 heteroatoms. The summed E-state index contributed by atoms with van der Waals surface area (Å²) in [4.78, 5) is 0. The molecule has 78 valence electrons. The zero-order valence-electron chi connectivity index (χ0n) is 8.24. The lowest BCUT2D eigenvalue weighted by Crippen LogP contribution is -2.02. The fourth-order valence-corrected chi connectivity index (χ4v) is 1.81. The predicted molar refractivity (Wildman–Crippen MR) is 64.6 cm³/mol. The summed E-state index contributed by atoms with van der Waals surface area (Å²) in [6.07, 6.45) is 2.56. The molecule has 1 heterocycles. The lowest BCUT2D eigenvalue weighted by molar-refractivity contribution is 0.579. The highest BCUT2D eigenvalue weighted by Crippen LogP contribution is 2.26. The summed E-state index contributed by atoms with van der Waals surface area (Å²) in [5.74, 6) is 0.924. The normalized spacial score (nSPS) is 10.5. The van der Waals surface area contributed by atoms with Crippen LogP contribution in [0, 0.1) is 0 Å². The van der Waals surface area contributed by atoms with Crippen molar-refractivity contribution in [3.8, 4) is 11.3 Å². The summed E-state index contributed by atoms with van der Waals surface area (Å²) in [7, 11) is 0. The summed E-state index contributed by atoms with van der Waals surface area (Å²) >= 11 is 3.41. The molecule has 15 heavy (non-hydrogen) atoms. The van der Waals surface area contributed by atoms with Gasteiger partial charge in [0.15, 0.2) is 0 Å². The van der Waals surface area contributed by atoms with Gasteiger partial charge in [-0.2, -0.15) is 0 Å². The Labute approximate surface area is 97.2 Å². The average Bonchev–Trinajstić information content (AvgIpc) is 2.68. The zero-order valence-corrected chi connectivity index (χ0v) is 9.83. The zero-order chi connectivity index (χ0) is 10.7. The molecule has 0 unspecified atom stereocenters. The molecule has 0 aliphatic rings. The minimum absolute atomic E-state index is 0.642. The Morgan fingerprint density at radius 3 is 2.53 bits per heavy atom. The largest absolute Gasteiger partial charge is 0.464 e. The molecule has 0 amide bonds. The van der Waals surface area contributed by atoms with Crippen molar-refractivity contribution in [2.75, 3.05) is 6.54 Å². The quantitative estimate of drug-likeness (QED) is 0.926.